The quantitative estimate of drug-likeness (QED) is 0.800. The molecule has 2 aliphatic heterocycles. The highest BCUT2D eigenvalue weighted by molar-refractivity contribution is 5.97. The smallest absolute Gasteiger partial charge is 0.229 e. The Balaban J connectivity index is 1.55. The number of nitrogens with zero attached hydrogens (tertiary/aromatic N) is 2. The number of imide groups is 1. The van der Waals surface area contributed by atoms with Gasteiger partial charge in [-0.15, -0.1) is 0 Å². The number of rotatable bonds is 3. The monoisotopic (exact) mass is 286 g/mol. The summed E-state index contributed by atoms with van der Waals surface area (Å²) in [6.07, 6.45) is 3.61. The van der Waals surface area contributed by atoms with Gasteiger partial charge in [0.05, 0.1) is 0 Å². The maximum Gasteiger partial charge on any atom is 0.229 e. The minimum absolute atomic E-state index is 0.0350. The first-order chi connectivity index (χ1) is 10.2. The number of hydrogen-bond acceptors (Lipinski definition) is 3. The molecule has 1 aromatic carbocycles. The van der Waals surface area contributed by atoms with Gasteiger partial charge in [0.1, 0.15) is 0 Å². The van der Waals surface area contributed by atoms with Gasteiger partial charge in [-0.3, -0.25) is 19.4 Å². The molecule has 0 aliphatic carbocycles. The zero-order valence-electron chi connectivity index (χ0n) is 12.3. The molecule has 4 nitrogen and oxygen atoms in total. The lowest BCUT2D eigenvalue weighted by atomic mass is 9.98. The molecule has 112 valence electrons. The number of hydrogen-bond donors (Lipinski definition) is 0. The summed E-state index contributed by atoms with van der Waals surface area (Å²) in [7, 11) is 0. The maximum atomic E-state index is 12.0. The molecule has 2 saturated heterocycles. The van der Waals surface area contributed by atoms with Crippen molar-refractivity contribution in [2.75, 3.05) is 13.1 Å². The molecule has 4 heteroatoms. The van der Waals surface area contributed by atoms with Gasteiger partial charge in [0.25, 0.3) is 0 Å². The van der Waals surface area contributed by atoms with Crippen LogP contribution in [0.2, 0.25) is 0 Å². The molecule has 3 rings (SSSR count). The van der Waals surface area contributed by atoms with Crippen LogP contribution in [0.5, 0.6) is 0 Å². The van der Waals surface area contributed by atoms with Crippen molar-refractivity contribution < 1.29 is 9.59 Å². The summed E-state index contributed by atoms with van der Waals surface area (Å²) in [5, 5.41) is 0. The van der Waals surface area contributed by atoms with Crippen molar-refractivity contribution in [2.45, 2.75) is 44.7 Å². The van der Waals surface area contributed by atoms with Crippen LogP contribution in [0.3, 0.4) is 0 Å². The van der Waals surface area contributed by atoms with Crippen LogP contribution in [0.15, 0.2) is 30.3 Å². The van der Waals surface area contributed by atoms with Crippen LogP contribution >= 0.6 is 0 Å². The van der Waals surface area contributed by atoms with Gasteiger partial charge in [-0.25, -0.2) is 0 Å². The number of amides is 2. The Morgan fingerprint density at radius 3 is 2.19 bits per heavy atom. The fourth-order valence-corrected chi connectivity index (χ4v) is 3.36. The molecule has 2 aliphatic rings. The molecule has 2 fully saturated rings. The lowest BCUT2D eigenvalue weighted by molar-refractivity contribution is -0.152. The number of piperidine rings is 2. The van der Waals surface area contributed by atoms with Crippen molar-refractivity contribution in [3.05, 3.63) is 35.9 Å². The molecule has 2 amide bonds. The second-order valence-corrected chi connectivity index (χ2v) is 6.00. The molecule has 0 aromatic heterocycles. The normalized spacial score (nSPS) is 21.8. The minimum Gasteiger partial charge on any atom is -0.299 e. The zero-order chi connectivity index (χ0) is 14.7. The second kappa shape index (κ2) is 6.39. The lowest BCUT2D eigenvalue weighted by Gasteiger charge is -2.39. The van der Waals surface area contributed by atoms with Crippen molar-refractivity contribution in [3.63, 3.8) is 0 Å². The average molecular weight is 286 g/mol. The summed E-state index contributed by atoms with van der Waals surface area (Å²) in [5.41, 5.74) is 1.32. The highest BCUT2D eigenvalue weighted by Crippen LogP contribution is 2.23. The Bertz CT molecular complexity index is 491. The maximum absolute atomic E-state index is 12.0. The third kappa shape index (κ3) is 3.32. The number of carbonyl (C=O) groups excluding carboxylic acids is 2. The molecule has 0 saturated carbocycles. The SMILES string of the molecule is O=C1CCCC(=O)N1C1CCN(Cc2ccccc2)CC1. The molecule has 21 heavy (non-hydrogen) atoms. The van der Waals surface area contributed by atoms with Crippen LogP contribution in [0.4, 0.5) is 0 Å². The number of carbonyl (C=O) groups is 2. The third-order valence-electron chi connectivity index (χ3n) is 4.49. The molecule has 0 spiro atoms. The zero-order valence-corrected chi connectivity index (χ0v) is 12.3. The third-order valence-corrected chi connectivity index (χ3v) is 4.49. The largest absolute Gasteiger partial charge is 0.299 e. The molecule has 0 N–H and O–H groups in total. The van der Waals surface area contributed by atoms with E-state index >= 15 is 0 Å². The van der Waals surface area contributed by atoms with Gasteiger partial charge < -0.3 is 0 Å². The minimum atomic E-state index is 0.0350. The predicted molar refractivity (Wildman–Crippen MR) is 80.4 cm³/mol. The van der Waals surface area contributed by atoms with Crippen LogP contribution in [-0.4, -0.2) is 40.7 Å². The second-order valence-electron chi connectivity index (χ2n) is 6.00. The summed E-state index contributed by atoms with van der Waals surface area (Å²) in [6, 6.07) is 10.6. The Hall–Kier alpha value is -1.68. The first-order valence-corrected chi connectivity index (χ1v) is 7.85. The molecular formula is C17H22N2O2. The van der Waals surface area contributed by atoms with Crippen molar-refractivity contribution >= 4 is 11.8 Å². The van der Waals surface area contributed by atoms with Crippen molar-refractivity contribution in [2.24, 2.45) is 0 Å². The molecule has 1 aromatic rings. The summed E-state index contributed by atoms with van der Waals surface area (Å²) in [5.74, 6) is 0.0699. The molecule has 0 radical (unpaired) electrons. The van der Waals surface area contributed by atoms with Gasteiger partial charge in [0.15, 0.2) is 0 Å². The van der Waals surface area contributed by atoms with E-state index in [-0.39, 0.29) is 17.9 Å². The van der Waals surface area contributed by atoms with E-state index < -0.39 is 0 Å². The van der Waals surface area contributed by atoms with Crippen LogP contribution < -0.4 is 0 Å². The van der Waals surface area contributed by atoms with Gasteiger partial charge in [-0.1, -0.05) is 30.3 Å². The van der Waals surface area contributed by atoms with Gasteiger partial charge in [0, 0.05) is 38.5 Å². The van der Waals surface area contributed by atoms with Crippen LogP contribution in [-0.2, 0) is 16.1 Å². The van der Waals surface area contributed by atoms with E-state index in [4.69, 9.17) is 0 Å². The van der Waals surface area contributed by atoms with Crippen molar-refractivity contribution in [1.82, 2.24) is 9.80 Å². The van der Waals surface area contributed by atoms with E-state index in [9.17, 15) is 9.59 Å². The van der Waals surface area contributed by atoms with Gasteiger partial charge >= 0.3 is 0 Å². The molecular weight excluding hydrogens is 264 g/mol. The van der Waals surface area contributed by atoms with Crippen LogP contribution in [0.25, 0.3) is 0 Å². The van der Waals surface area contributed by atoms with E-state index in [0.717, 1.165) is 38.9 Å². The Labute approximate surface area is 125 Å². The highest BCUT2D eigenvalue weighted by Gasteiger charge is 2.34. The Morgan fingerprint density at radius 1 is 0.952 bits per heavy atom. The van der Waals surface area contributed by atoms with Gasteiger partial charge in [-0.05, 0) is 24.8 Å². The fraction of sp³-hybridized carbons (Fsp3) is 0.529. The molecule has 2 heterocycles. The van der Waals surface area contributed by atoms with Crippen LogP contribution in [0.1, 0.15) is 37.7 Å². The van der Waals surface area contributed by atoms with Gasteiger partial charge in [0.2, 0.25) is 11.8 Å². The summed E-state index contributed by atoms with van der Waals surface area (Å²) in [4.78, 5) is 27.9. The number of benzene rings is 1. The average Bonchev–Trinajstić information content (AvgIpc) is 2.50. The standard InChI is InChI=1S/C17H22N2O2/c20-16-7-4-8-17(21)19(16)15-9-11-18(12-10-15)13-14-5-2-1-3-6-14/h1-3,5-6,15H,4,7-13H2. The number of likely N-dealkylation sites (tertiary alicyclic amines) is 2. The van der Waals surface area contributed by atoms with E-state index in [0.29, 0.717) is 12.8 Å². The highest BCUT2D eigenvalue weighted by atomic mass is 16.2. The first kappa shape index (κ1) is 14.3. The Kier molecular flexibility index (Phi) is 4.34. The van der Waals surface area contributed by atoms with Crippen molar-refractivity contribution in [3.8, 4) is 0 Å². The van der Waals surface area contributed by atoms with E-state index in [2.05, 4.69) is 29.2 Å². The first-order valence-electron chi connectivity index (χ1n) is 7.85. The summed E-state index contributed by atoms with van der Waals surface area (Å²) < 4.78 is 0. The van der Waals surface area contributed by atoms with E-state index in [1.807, 2.05) is 6.07 Å². The predicted octanol–water partition coefficient (Wildman–Crippen LogP) is 2.19. The van der Waals surface area contributed by atoms with Crippen LogP contribution in [0, 0.1) is 0 Å². The van der Waals surface area contributed by atoms with Gasteiger partial charge in [-0.2, -0.15) is 0 Å². The Morgan fingerprint density at radius 2 is 1.57 bits per heavy atom. The summed E-state index contributed by atoms with van der Waals surface area (Å²) >= 11 is 0. The fourth-order valence-electron chi connectivity index (χ4n) is 3.36. The van der Waals surface area contributed by atoms with E-state index in [1.54, 1.807) is 4.90 Å². The molecule has 0 bridgehead atoms. The lowest BCUT2D eigenvalue weighted by Crippen LogP contribution is -2.51. The van der Waals surface area contributed by atoms with E-state index in [1.165, 1.54) is 5.56 Å². The summed E-state index contributed by atoms with van der Waals surface area (Å²) in [6.45, 7) is 2.86. The molecule has 0 unspecified atom stereocenters. The van der Waals surface area contributed by atoms with Crippen molar-refractivity contribution in [1.29, 1.82) is 0 Å². The molecule has 0 atom stereocenters. The topological polar surface area (TPSA) is 40.6 Å².